The van der Waals surface area contributed by atoms with Gasteiger partial charge in [0.15, 0.2) is 5.79 Å². The maximum atomic E-state index is 6.56. The van der Waals surface area contributed by atoms with Crippen LogP contribution >= 0.6 is 43.5 Å². The lowest BCUT2D eigenvalue weighted by Crippen LogP contribution is -2.40. The van der Waals surface area contributed by atoms with E-state index < -0.39 is 5.79 Å². The molecule has 3 rings (SSSR count). The van der Waals surface area contributed by atoms with Gasteiger partial charge in [0.1, 0.15) is 0 Å². The van der Waals surface area contributed by atoms with Crippen LogP contribution in [-0.2, 0) is 14.2 Å². The highest BCUT2D eigenvalue weighted by Gasteiger charge is 2.53. The summed E-state index contributed by atoms with van der Waals surface area (Å²) in [6.07, 6.45) is 5.35. The van der Waals surface area contributed by atoms with Gasteiger partial charge in [0.2, 0.25) is 0 Å². The van der Waals surface area contributed by atoms with E-state index >= 15 is 0 Å². The normalized spacial score (nSPS) is 49.5. The Morgan fingerprint density at radius 3 is 2.86 bits per heavy atom. The first-order chi connectivity index (χ1) is 10.0. The first-order valence-electron chi connectivity index (χ1n) is 7.33. The van der Waals surface area contributed by atoms with E-state index in [0.29, 0.717) is 0 Å². The van der Waals surface area contributed by atoms with Gasteiger partial charge in [-0.05, 0) is 19.4 Å². The summed E-state index contributed by atoms with van der Waals surface area (Å²) in [5.41, 5.74) is 3.04. The Bertz CT molecular complexity index is 454. The average molecular weight is 443 g/mol. The van der Waals surface area contributed by atoms with Gasteiger partial charge in [-0.3, -0.25) is 0 Å². The van der Waals surface area contributed by atoms with Gasteiger partial charge in [-0.25, -0.2) is 0 Å². The van der Waals surface area contributed by atoms with Crippen molar-refractivity contribution in [2.24, 2.45) is 0 Å². The van der Waals surface area contributed by atoms with Gasteiger partial charge in [-0.2, -0.15) is 0 Å². The quantitative estimate of drug-likeness (QED) is 0.449. The van der Waals surface area contributed by atoms with E-state index in [1.807, 2.05) is 13.0 Å². The Hall–Kier alpha value is 0.650. The third-order valence-corrected chi connectivity index (χ3v) is 6.27. The van der Waals surface area contributed by atoms with Gasteiger partial charge >= 0.3 is 0 Å². The van der Waals surface area contributed by atoms with Crippen molar-refractivity contribution in [2.45, 2.75) is 73.0 Å². The predicted octanol–water partition coefficient (Wildman–Crippen LogP) is 4.26. The van der Waals surface area contributed by atoms with Crippen LogP contribution in [0.25, 0.3) is 0 Å². The Kier molecular flexibility index (Phi) is 5.22. The van der Waals surface area contributed by atoms with Gasteiger partial charge in [0.05, 0.1) is 29.8 Å². The molecule has 118 valence electrons. The highest BCUT2D eigenvalue weighted by molar-refractivity contribution is 9.11. The molecule has 21 heavy (non-hydrogen) atoms. The molecule has 1 spiro atoms. The first-order valence-corrected chi connectivity index (χ1v) is 9.60. The zero-order chi connectivity index (χ0) is 15.0. The summed E-state index contributed by atoms with van der Waals surface area (Å²) in [4.78, 5) is 1.99. The Morgan fingerprint density at radius 1 is 1.33 bits per heavy atom. The molecule has 0 aliphatic carbocycles. The number of hydrogen-bond donors (Lipinski definition) is 0. The molecule has 7 atom stereocenters. The maximum absolute atomic E-state index is 6.56. The highest BCUT2D eigenvalue weighted by atomic mass is 79.9. The molecular formula is C15H19Br2ClO3. The van der Waals surface area contributed by atoms with Crippen LogP contribution in [0.1, 0.15) is 32.6 Å². The molecule has 0 aromatic rings. The lowest BCUT2D eigenvalue weighted by Gasteiger charge is -2.32. The molecule has 0 aromatic heterocycles. The molecule has 0 N–H and O–H groups in total. The van der Waals surface area contributed by atoms with Gasteiger partial charge in [-0.15, -0.1) is 17.3 Å². The zero-order valence-corrected chi connectivity index (χ0v) is 15.7. The van der Waals surface area contributed by atoms with Crippen LogP contribution in [0.5, 0.6) is 0 Å². The lowest BCUT2D eigenvalue weighted by molar-refractivity contribution is -0.227. The van der Waals surface area contributed by atoms with Gasteiger partial charge in [-0.1, -0.05) is 31.9 Å². The minimum absolute atomic E-state index is 0.00503. The lowest BCUT2D eigenvalue weighted by atomic mass is 10.0. The monoisotopic (exact) mass is 440 g/mol. The highest BCUT2D eigenvalue weighted by Crippen LogP contribution is 2.47. The molecule has 0 amide bonds. The van der Waals surface area contributed by atoms with Crippen molar-refractivity contribution in [3.05, 3.63) is 16.8 Å². The van der Waals surface area contributed by atoms with Gasteiger partial charge < -0.3 is 14.2 Å². The molecule has 3 nitrogen and oxygen atoms in total. The van der Waals surface area contributed by atoms with Gasteiger partial charge in [0, 0.05) is 29.1 Å². The standard InChI is InChI=1S/C15H19Br2ClO3/c1-9-14(18)12-4-5-15(20-12)8-11(17)13(21-15)7-10(19-9)3-2-6-16/h3,6,9-14H,4-5,7-8H2,1H3. The topological polar surface area (TPSA) is 27.7 Å². The number of fused-ring (bicyclic) bond motifs is 2. The van der Waals surface area contributed by atoms with Crippen LogP contribution in [-0.4, -0.2) is 40.4 Å². The van der Waals surface area contributed by atoms with Crippen LogP contribution in [0, 0.1) is 0 Å². The number of halogens is 3. The molecule has 3 heterocycles. The molecule has 6 heteroatoms. The second-order valence-electron chi connectivity index (χ2n) is 5.98. The summed E-state index contributed by atoms with van der Waals surface area (Å²) >= 11 is 13.5. The molecule has 3 saturated heterocycles. The van der Waals surface area contributed by atoms with Crippen molar-refractivity contribution in [2.75, 3.05) is 0 Å². The average Bonchev–Trinajstić information content (AvgIpc) is 2.98. The molecule has 3 fully saturated rings. The summed E-state index contributed by atoms with van der Waals surface area (Å²) in [7, 11) is 0. The molecule has 3 aliphatic rings. The number of hydrogen-bond acceptors (Lipinski definition) is 3. The van der Waals surface area contributed by atoms with E-state index in [-0.39, 0.29) is 34.6 Å². The SMILES string of the molecule is CC1OC(C=C=CBr)CC2OC3(CCC(O3)C1Cl)CC2Br. The minimum atomic E-state index is -0.451. The van der Waals surface area contributed by atoms with Crippen LogP contribution < -0.4 is 0 Å². The van der Waals surface area contributed by atoms with E-state index in [9.17, 15) is 0 Å². The summed E-state index contributed by atoms with van der Waals surface area (Å²) in [6, 6.07) is 0. The molecule has 0 saturated carbocycles. The minimum Gasteiger partial charge on any atom is -0.369 e. The van der Waals surface area contributed by atoms with Crippen molar-refractivity contribution in [1.82, 2.24) is 0 Å². The smallest absolute Gasteiger partial charge is 0.170 e. The Labute approximate surface area is 147 Å². The van der Waals surface area contributed by atoms with Crippen molar-refractivity contribution in [3.63, 3.8) is 0 Å². The van der Waals surface area contributed by atoms with E-state index in [1.54, 1.807) is 4.99 Å². The van der Waals surface area contributed by atoms with Crippen molar-refractivity contribution < 1.29 is 14.2 Å². The summed E-state index contributed by atoms with van der Waals surface area (Å²) in [5.74, 6) is -0.451. The molecule has 7 unspecified atom stereocenters. The van der Waals surface area contributed by atoms with E-state index in [2.05, 4.69) is 37.6 Å². The number of alkyl halides is 2. The second-order valence-corrected chi connectivity index (χ2v) is 8.12. The van der Waals surface area contributed by atoms with Gasteiger partial charge in [0.25, 0.3) is 0 Å². The van der Waals surface area contributed by atoms with Crippen LogP contribution in [0.15, 0.2) is 16.8 Å². The third-order valence-electron chi connectivity index (χ3n) is 4.45. The zero-order valence-electron chi connectivity index (χ0n) is 11.8. The molecule has 0 radical (unpaired) electrons. The fourth-order valence-corrected chi connectivity index (χ4v) is 4.63. The fourth-order valence-electron chi connectivity index (χ4n) is 3.43. The molecular weight excluding hydrogens is 423 g/mol. The van der Waals surface area contributed by atoms with E-state index in [0.717, 1.165) is 25.7 Å². The first kappa shape index (κ1) is 16.5. The molecule has 3 bridgehead atoms. The molecule has 3 aliphatic heterocycles. The number of ether oxygens (including phenoxy) is 3. The maximum Gasteiger partial charge on any atom is 0.170 e. The van der Waals surface area contributed by atoms with E-state index in [1.165, 1.54) is 0 Å². The van der Waals surface area contributed by atoms with Crippen LogP contribution in [0.3, 0.4) is 0 Å². The van der Waals surface area contributed by atoms with Crippen LogP contribution in [0.4, 0.5) is 0 Å². The Balaban J connectivity index is 1.86. The van der Waals surface area contributed by atoms with E-state index in [4.69, 9.17) is 25.8 Å². The third kappa shape index (κ3) is 3.45. The summed E-state index contributed by atoms with van der Waals surface area (Å²) in [6.45, 7) is 2.01. The van der Waals surface area contributed by atoms with Crippen molar-refractivity contribution in [1.29, 1.82) is 0 Å². The van der Waals surface area contributed by atoms with Crippen molar-refractivity contribution in [3.8, 4) is 0 Å². The summed E-state index contributed by atoms with van der Waals surface area (Å²) < 4.78 is 18.5. The second kappa shape index (κ2) is 6.64. The summed E-state index contributed by atoms with van der Waals surface area (Å²) in [5, 5.41) is -0.164. The molecule has 0 aromatic carbocycles. The van der Waals surface area contributed by atoms with Crippen molar-refractivity contribution >= 4 is 43.5 Å². The Morgan fingerprint density at radius 2 is 2.10 bits per heavy atom. The number of rotatable bonds is 1. The largest absolute Gasteiger partial charge is 0.369 e. The fraction of sp³-hybridized carbons (Fsp3) is 0.800. The predicted molar refractivity (Wildman–Crippen MR) is 89.2 cm³/mol. The van der Waals surface area contributed by atoms with Crippen LogP contribution in [0.2, 0.25) is 0 Å².